The second-order valence-electron chi connectivity index (χ2n) is 3.43. The molecule has 0 aromatic carbocycles. The van der Waals surface area contributed by atoms with Crippen molar-refractivity contribution < 1.29 is 0 Å². The summed E-state index contributed by atoms with van der Waals surface area (Å²) in [6.45, 7) is 4.30. The molecular weight excluding hydrogens is 192 g/mol. The molecule has 2 heterocycles. The predicted molar refractivity (Wildman–Crippen MR) is 61.3 cm³/mol. The van der Waals surface area contributed by atoms with Crippen LogP contribution >= 0.6 is 11.3 Å². The molecular formula is C11H14N2S. The highest BCUT2D eigenvalue weighted by atomic mass is 32.1. The highest BCUT2D eigenvalue weighted by Gasteiger charge is 2.05. The molecule has 1 unspecified atom stereocenters. The average Bonchev–Trinajstić information content (AvgIpc) is 2.75. The van der Waals surface area contributed by atoms with Gasteiger partial charge in [0.15, 0.2) is 0 Å². The quantitative estimate of drug-likeness (QED) is 0.816. The summed E-state index contributed by atoms with van der Waals surface area (Å²) in [5, 5.41) is 2.20. The van der Waals surface area contributed by atoms with E-state index in [1.165, 1.54) is 10.4 Å². The fraction of sp³-hybridized carbons (Fsp3) is 0.273. The first-order valence-electron chi connectivity index (χ1n) is 4.70. The van der Waals surface area contributed by atoms with Gasteiger partial charge in [-0.2, -0.15) is 0 Å². The van der Waals surface area contributed by atoms with Gasteiger partial charge < -0.3 is 5.43 Å². The van der Waals surface area contributed by atoms with Crippen molar-refractivity contribution in [3.05, 3.63) is 46.4 Å². The Hall–Kier alpha value is -1.22. The summed E-state index contributed by atoms with van der Waals surface area (Å²) in [5.41, 5.74) is 4.72. The molecule has 0 aliphatic rings. The molecule has 0 saturated heterocycles. The van der Waals surface area contributed by atoms with Crippen LogP contribution in [0.25, 0.3) is 0 Å². The van der Waals surface area contributed by atoms with Crippen LogP contribution in [-0.2, 0) is 0 Å². The maximum Gasteiger partial charge on any atom is 0.0653 e. The molecule has 14 heavy (non-hydrogen) atoms. The number of rotatable bonds is 3. The summed E-state index contributed by atoms with van der Waals surface area (Å²) < 4.78 is 1.98. The van der Waals surface area contributed by atoms with Crippen molar-refractivity contribution in [2.45, 2.75) is 19.9 Å². The molecule has 0 aliphatic carbocycles. The fourth-order valence-electron chi connectivity index (χ4n) is 1.41. The molecule has 0 amide bonds. The smallest absolute Gasteiger partial charge is 0.0653 e. The van der Waals surface area contributed by atoms with Crippen molar-refractivity contribution >= 4 is 11.3 Å². The van der Waals surface area contributed by atoms with Gasteiger partial charge in [-0.1, -0.05) is 0 Å². The van der Waals surface area contributed by atoms with Gasteiger partial charge in [-0.25, -0.2) is 0 Å². The minimum Gasteiger partial charge on any atom is -0.319 e. The van der Waals surface area contributed by atoms with E-state index < -0.39 is 0 Å². The Morgan fingerprint density at radius 1 is 1.36 bits per heavy atom. The zero-order chi connectivity index (χ0) is 9.97. The van der Waals surface area contributed by atoms with Gasteiger partial charge in [0.1, 0.15) is 0 Å². The first-order valence-corrected chi connectivity index (χ1v) is 5.58. The normalized spacial score (nSPS) is 12.7. The van der Waals surface area contributed by atoms with E-state index in [0.717, 1.165) is 0 Å². The second-order valence-corrected chi connectivity index (χ2v) is 4.55. The number of aryl methyl sites for hydroxylation is 1. The van der Waals surface area contributed by atoms with Crippen LogP contribution in [0.15, 0.2) is 36.0 Å². The van der Waals surface area contributed by atoms with Crippen LogP contribution in [0.1, 0.15) is 23.4 Å². The molecule has 2 nitrogen and oxygen atoms in total. The van der Waals surface area contributed by atoms with Crippen LogP contribution in [0, 0.1) is 6.92 Å². The number of hydrogen-bond donors (Lipinski definition) is 1. The molecule has 2 rings (SSSR count). The molecule has 2 aromatic rings. The summed E-state index contributed by atoms with van der Waals surface area (Å²) in [6.07, 6.45) is 4.02. The molecule has 0 spiro atoms. The molecule has 1 atom stereocenters. The van der Waals surface area contributed by atoms with Crippen LogP contribution in [0.5, 0.6) is 0 Å². The van der Waals surface area contributed by atoms with E-state index in [1.54, 1.807) is 11.3 Å². The SMILES string of the molecule is Cc1cc(C(C)Nn2cccc2)cs1. The van der Waals surface area contributed by atoms with Crippen LogP contribution in [0.2, 0.25) is 0 Å². The van der Waals surface area contributed by atoms with Crippen LogP contribution in [0.4, 0.5) is 0 Å². The summed E-state index contributed by atoms with van der Waals surface area (Å²) in [6, 6.07) is 6.61. The van der Waals surface area contributed by atoms with Crippen molar-refractivity contribution in [1.29, 1.82) is 0 Å². The Balaban J connectivity index is 2.06. The van der Waals surface area contributed by atoms with E-state index >= 15 is 0 Å². The van der Waals surface area contributed by atoms with Crippen LogP contribution in [-0.4, -0.2) is 4.68 Å². The van der Waals surface area contributed by atoms with Gasteiger partial charge in [0.2, 0.25) is 0 Å². The zero-order valence-electron chi connectivity index (χ0n) is 8.40. The lowest BCUT2D eigenvalue weighted by Crippen LogP contribution is -2.16. The lowest BCUT2D eigenvalue weighted by atomic mass is 10.2. The maximum absolute atomic E-state index is 3.37. The van der Waals surface area contributed by atoms with Crippen molar-refractivity contribution in [1.82, 2.24) is 4.68 Å². The highest BCUT2D eigenvalue weighted by Crippen LogP contribution is 2.20. The molecule has 0 radical (unpaired) electrons. The first-order chi connectivity index (χ1) is 6.75. The predicted octanol–water partition coefficient (Wildman–Crippen LogP) is 3.16. The first kappa shape index (κ1) is 9.34. The largest absolute Gasteiger partial charge is 0.319 e. The van der Waals surface area contributed by atoms with E-state index in [1.807, 2.05) is 29.2 Å². The molecule has 74 valence electrons. The van der Waals surface area contributed by atoms with Gasteiger partial charge in [0.25, 0.3) is 0 Å². The topological polar surface area (TPSA) is 17.0 Å². The molecule has 0 aliphatic heterocycles. The van der Waals surface area contributed by atoms with Crippen molar-refractivity contribution in [2.75, 3.05) is 5.43 Å². The minimum atomic E-state index is 0.354. The summed E-state index contributed by atoms with van der Waals surface area (Å²) in [5.74, 6) is 0. The van der Waals surface area contributed by atoms with Crippen LogP contribution < -0.4 is 5.43 Å². The highest BCUT2D eigenvalue weighted by molar-refractivity contribution is 7.10. The van der Waals surface area contributed by atoms with Gasteiger partial charge in [0, 0.05) is 17.3 Å². The maximum atomic E-state index is 3.37. The third-order valence-corrected chi connectivity index (χ3v) is 3.08. The van der Waals surface area contributed by atoms with E-state index in [4.69, 9.17) is 0 Å². The van der Waals surface area contributed by atoms with E-state index in [-0.39, 0.29) is 0 Å². The number of nitrogens with zero attached hydrogens (tertiary/aromatic N) is 1. The van der Waals surface area contributed by atoms with E-state index in [0.29, 0.717) is 6.04 Å². The van der Waals surface area contributed by atoms with Gasteiger partial charge in [0.05, 0.1) is 6.04 Å². The second kappa shape index (κ2) is 3.88. The number of hydrogen-bond acceptors (Lipinski definition) is 2. The molecule has 1 N–H and O–H groups in total. The molecule has 3 heteroatoms. The molecule has 0 bridgehead atoms. The summed E-state index contributed by atoms with van der Waals surface area (Å²) in [4.78, 5) is 1.36. The number of aromatic nitrogens is 1. The molecule has 2 aromatic heterocycles. The van der Waals surface area contributed by atoms with Gasteiger partial charge in [-0.05, 0) is 43.0 Å². The third kappa shape index (κ3) is 1.99. The average molecular weight is 206 g/mol. The number of nitrogens with one attached hydrogen (secondary N) is 1. The van der Waals surface area contributed by atoms with Crippen molar-refractivity contribution in [3.8, 4) is 0 Å². The minimum absolute atomic E-state index is 0.354. The van der Waals surface area contributed by atoms with Crippen molar-refractivity contribution in [2.24, 2.45) is 0 Å². The van der Waals surface area contributed by atoms with E-state index in [9.17, 15) is 0 Å². The Bertz CT molecular complexity index is 389. The summed E-state index contributed by atoms with van der Waals surface area (Å²) in [7, 11) is 0. The van der Waals surface area contributed by atoms with Gasteiger partial charge in [-0.15, -0.1) is 11.3 Å². The van der Waals surface area contributed by atoms with Crippen LogP contribution in [0.3, 0.4) is 0 Å². The Morgan fingerprint density at radius 2 is 2.07 bits per heavy atom. The lowest BCUT2D eigenvalue weighted by molar-refractivity contribution is 0.730. The van der Waals surface area contributed by atoms with Gasteiger partial charge in [-0.3, -0.25) is 4.68 Å². The monoisotopic (exact) mass is 206 g/mol. The molecule has 0 saturated carbocycles. The zero-order valence-corrected chi connectivity index (χ0v) is 9.21. The van der Waals surface area contributed by atoms with Crippen molar-refractivity contribution in [3.63, 3.8) is 0 Å². The summed E-state index contributed by atoms with van der Waals surface area (Å²) >= 11 is 1.80. The fourth-order valence-corrected chi connectivity index (χ4v) is 2.21. The number of thiophene rings is 1. The van der Waals surface area contributed by atoms with Gasteiger partial charge >= 0.3 is 0 Å². The lowest BCUT2D eigenvalue weighted by Gasteiger charge is -2.14. The standard InChI is InChI=1S/C11H14N2S/c1-9-7-11(8-14-9)10(2)12-13-5-3-4-6-13/h3-8,10,12H,1-2H3. The van der Waals surface area contributed by atoms with E-state index in [2.05, 4.69) is 30.7 Å². The molecule has 0 fully saturated rings. The Kier molecular flexibility index (Phi) is 2.59. The Morgan fingerprint density at radius 3 is 2.64 bits per heavy atom. The third-order valence-electron chi connectivity index (χ3n) is 2.20. The Labute approximate surface area is 88.2 Å².